The molecule has 2 heterocycles. The number of carbonyl (C=O) groups is 1. The van der Waals surface area contributed by atoms with E-state index in [1.165, 1.54) is 0 Å². The maximum Gasteiger partial charge on any atom is 0.229 e. The van der Waals surface area contributed by atoms with Crippen molar-refractivity contribution in [1.29, 1.82) is 0 Å². The summed E-state index contributed by atoms with van der Waals surface area (Å²) in [5.74, 6) is 0.261. The van der Waals surface area contributed by atoms with Gasteiger partial charge in [0.05, 0.1) is 17.7 Å². The Morgan fingerprint density at radius 3 is 2.16 bits per heavy atom. The zero-order valence-electron chi connectivity index (χ0n) is 12.8. The second kappa shape index (κ2) is 4.32. The summed E-state index contributed by atoms with van der Waals surface area (Å²) in [6.07, 6.45) is 1.80. The zero-order valence-corrected chi connectivity index (χ0v) is 12.8. The molecule has 1 aliphatic heterocycles. The molecule has 3 heteroatoms. The Morgan fingerprint density at radius 1 is 1.11 bits per heavy atom. The van der Waals surface area contributed by atoms with Gasteiger partial charge in [-0.15, -0.1) is 0 Å². The molecule has 3 nitrogen and oxygen atoms in total. The van der Waals surface area contributed by atoms with Crippen LogP contribution < -0.4 is 0 Å². The van der Waals surface area contributed by atoms with Gasteiger partial charge in [-0.3, -0.25) is 9.78 Å². The van der Waals surface area contributed by atoms with Crippen molar-refractivity contribution in [3.63, 3.8) is 0 Å². The average Bonchev–Trinajstić information content (AvgIpc) is 2.22. The van der Waals surface area contributed by atoms with Gasteiger partial charge in [0.25, 0.3) is 0 Å². The molecule has 0 aliphatic carbocycles. The number of pyridine rings is 1. The number of amides is 1. The van der Waals surface area contributed by atoms with Gasteiger partial charge >= 0.3 is 0 Å². The quantitative estimate of drug-likeness (QED) is 0.725. The van der Waals surface area contributed by atoms with Gasteiger partial charge in [0, 0.05) is 11.7 Å². The molecule has 0 N–H and O–H groups in total. The maximum atomic E-state index is 12.5. The summed E-state index contributed by atoms with van der Waals surface area (Å²) in [5, 5.41) is 0. The van der Waals surface area contributed by atoms with Crippen molar-refractivity contribution >= 4 is 5.91 Å². The highest BCUT2D eigenvalue weighted by Crippen LogP contribution is 2.51. The minimum Gasteiger partial charge on any atom is -0.328 e. The fraction of sp³-hybridized carbons (Fsp3) is 0.625. The highest BCUT2D eigenvalue weighted by atomic mass is 16.2. The lowest BCUT2D eigenvalue weighted by Gasteiger charge is -2.57. The number of hydrogen-bond donors (Lipinski definition) is 0. The average molecular weight is 260 g/mol. The van der Waals surface area contributed by atoms with Gasteiger partial charge in [0.15, 0.2) is 0 Å². The van der Waals surface area contributed by atoms with E-state index >= 15 is 0 Å². The summed E-state index contributed by atoms with van der Waals surface area (Å²) in [7, 11) is 0. The topological polar surface area (TPSA) is 33.2 Å². The molecular formula is C16H24N2O. The molecular weight excluding hydrogens is 236 g/mol. The van der Waals surface area contributed by atoms with Crippen LogP contribution >= 0.6 is 0 Å². The molecule has 0 saturated carbocycles. The number of hydrogen-bond acceptors (Lipinski definition) is 2. The minimum absolute atomic E-state index is 0.0154. The van der Waals surface area contributed by atoms with E-state index in [-0.39, 0.29) is 28.8 Å². The minimum atomic E-state index is -0.166. The normalized spacial score (nSPS) is 24.3. The molecule has 0 aromatic carbocycles. The number of carbonyl (C=O) groups excluding carboxylic acids is 1. The third kappa shape index (κ3) is 2.38. The van der Waals surface area contributed by atoms with E-state index in [0.29, 0.717) is 0 Å². The molecule has 19 heavy (non-hydrogen) atoms. The first-order chi connectivity index (χ1) is 8.64. The smallest absolute Gasteiger partial charge is 0.229 e. The Morgan fingerprint density at radius 2 is 1.74 bits per heavy atom. The van der Waals surface area contributed by atoms with Crippen molar-refractivity contribution in [3.05, 3.63) is 30.1 Å². The van der Waals surface area contributed by atoms with Gasteiger partial charge in [-0.05, 0) is 38.3 Å². The van der Waals surface area contributed by atoms with Gasteiger partial charge in [-0.25, -0.2) is 0 Å². The van der Waals surface area contributed by atoms with Crippen LogP contribution in [0.5, 0.6) is 0 Å². The number of nitrogens with zero attached hydrogens (tertiary/aromatic N) is 2. The van der Waals surface area contributed by atoms with Crippen LogP contribution in [0.25, 0.3) is 0 Å². The lowest BCUT2D eigenvalue weighted by Crippen LogP contribution is -2.65. The van der Waals surface area contributed by atoms with E-state index in [2.05, 4.69) is 46.5 Å². The van der Waals surface area contributed by atoms with Crippen LogP contribution in [-0.4, -0.2) is 21.3 Å². The Hall–Kier alpha value is -1.38. The standard InChI is InChI=1S/C16H24N2O/c1-15(2,3)12-13(11-9-7-8-10-17-11)18(14(12)19)16(4,5)6/h7-10,12-13H,1-6H3. The molecule has 2 unspecified atom stereocenters. The molecule has 1 aliphatic rings. The molecule has 1 amide bonds. The lowest BCUT2D eigenvalue weighted by atomic mass is 9.67. The summed E-state index contributed by atoms with van der Waals surface area (Å²) in [4.78, 5) is 19.0. The second-order valence-corrected chi connectivity index (χ2v) is 7.42. The zero-order chi connectivity index (χ0) is 14.4. The lowest BCUT2D eigenvalue weighted by molar-refractivity contribution is -0.176. The summed E-state index contributed by atoms with van der Waals surface area (Å²) < 4.78 is 0. The van der Waals surface area contributed by atoms with Gasteiger partial charge in [-0.2, -0.15) is 0 Å². The Balaban J connectivity index is 2.42. The van der Waals surface area contributed by atoms with Crippen LogP contribution in [0.2, 0.25) is 0 Å². The largest absolute Gasteiger partial charge is 0.328 e. The van der Waals surface area contributed by atoms with Crippen molar-refractivity contribution in [2.24, 2.45) is 11.3 Å². The SMILES string of the molecule is CC(C)(C)C1C(=O)N(C(C)(C)C)C1c1ccccn1. The van der Waals surface area contributed by atoms with Crippen molar-refractivity contribution in [2.45, 2.75) is 53.1 Å². The fourth-order valence-corrected chi connectivity index (χ4v) is 2.93. The van der Waals surface area contributed by atoms with Crippen LogP contribution in [0.3, 0.4) is 0 Å². The van der Waals surface area contributed by atoms with E-state index in [1.54, 1.807) is 6.20 Å². The van der Waals surface area contributed by atoms with Crippen LogP contribution in [-0.2, 0) is 4.79 Å². The summed E-state index contributed by atoms with van der Waals surface area (Å²) >= 11 is 0. The number of rotatable bonds is 1. The van der Waals surface area contributed by atoms with Crippen LogP contribution in [0.15, 0.2) is 24.4 Å². The van der Waals surface area contributed by atoms with E-state index in [1.807, 2.05) is 23.1 Å². The van der Waals surface area contributed by atoms with Crippen molar-refractivity contribution < 1.29 is 4.79 Å². The van der Waals surface area contributed by atoms with E-state index in [0.717, 1.165) is 5.69 Å². The highest BCUT2D eigenvalue weighted by Gasteiger charge is 2.56. The van der Waals surface area contributed by atoms with Crippen LogP contribution in [0.4, 0.5) is 0 Å². The fourth-order valence-electron chi connectivity index (χ4n) is 2.93. The first-order valence-electron chi connectivity index (χ1n) is 6.88. The summed E-state index contributed by atoms with van der Waals surface area (Å²) in [6, 6.07) is 6.02. The molecule has 104 valence electrons. The molecule has 2 rings (SSSR count). The van der Waals surface area contributed by atoms with Gasteiger partial charge in [-0.1, -0.05) is 26.8 Å². The monoisotopic (exact) mass is 260 g/mol. The highest BCUT2D eigenvalue weighted by molar-refractivity contribution is 5.87. The third-order valence-corrected chi connectivity index (χ3v) is 3.74. The molecule has 1 fully saturated rings. The maximum absolute atomic E-state index is 12.5. The van der Waals surface area contributed by atoms with Gasteiger partial charge in [0.1, 0.15) is 0 Å². The molecule has 1 aromatic rings. The molecule has 1 saturated heterocycles. The molecule has 0 spiro atoms. The van der Waals surface area contributed by atoms with Gasteiger partial charge in [0.2, 0.25) is 5.91 Å². The number of β-lactam (4-membered cyclic amide) rings is 1. The number of likely N-dealkylation sites (tertiary alicyclic amines) is 1. The predicted molar refractivity (Wildman–Crippen MR) is 76.5 cm³/mol. The molecule has 1 aromatic heterocycles. The Bertz CT molecular complexity index is 444. The van der Waals surface area contributed by atoms with Crippen molar-refractivity contribution in [2.75, 3.05) is 0 Å². The summed E-state index contributed by atoms with van der Waals surface area (Å²) in [5.41, 5.74) is 0.791. The Labute approximate surface area is 116 Å². The second-order valence-electron chi connectivity index (χ2n) is 7.42. The Kier molecular flexibility index (Phi) is 3.20. The molecule has 0 bridgehead atoms. The van der Waals surface area contributed by atoms with E-state index in [4.69, 9.17) is 0 Å². The van der Waals surface area contributed by atoms with E-state index < -0.39 is 0 Å². The van der Waals surface area contributed by atoms with Gasteiger partial charge < -0.3 is 4.90 Å². The van der Waals surface area contributed by atoms with Crippen molar-refractivity contribution in [1.82, 2.24) is 9.88 Å². The molecule has 2 atom stereocenters. The first kappa shape index (κ1) is 14.0. The number of aromatic nitrogens is 1. The molecule has 0 radical (unpaired) electrons. The predicted octanol–water partition coefficient (Wildman–Crippen LogP) is 3.43. The van der Waals surface area contributed by atoms with Crippen molar-refractivity contribution in [3.8, 4) is 0 Å². The first-order valence-corrected chi connectivity index (χ1v) is 6.88. The summed E-state index contributed by atoms with van der Waals surface area (Å²) in [6.45, 7) is 12.6. The van der Waals surface area contributed by atoms with Crippen LogP contribution in [0.1, 0.15) is 53.3 Å². The van der Waals surface area contributed by atoms with Crippen LogP contribution in [0, 0.1) is 11.3 Å². The third-order valence-electron chi connectivity index (χ3n) is 3.74. The van der Waals surface area contributed by atoms with E-state index in [9.17, 15) is 4.79 Å².